The van der Waals surface area contributed by atoms with E-state index in [-0.39, 0.29) is 5.82 Å². The first-order valence-electron chi connectivity index (χ1n) is 3.66. The lowest BCUT2D eigenvalue weighted by Crippen LogP contribution is -2.03. The van der Waals surface area contributed by atoms with Crippen molar-refractivity contribution in [1.29, 1.82) is 0 Å². The van der Waals surface area contributed by atoms with Crippen molar-refractivity contribution in [3.63, 3.8) is 0 Å². The molecule has 0 saturated carbocycles. The lowest BCUT2D eigenvalue weighted by Gasteiger charge is -1.97. The van der Waals surface area contributed by atoms with E-state index in [1.54, 1.807) is 26.0 Å². The van der Waals surface area contributed by atoms with Gasteiger partial charge in [-0.3, -0.25) is 0 Å². The summed E-state index contributed by atoms with van der Waals surface area (Å²) in [7, 11) is 0. The second-order valence-electron chi connectivity index (χ2n) is 2.69. The van der Waals surface area contributed by atoms with Gasteiger partial charge in [0.25, 0.3) is 0 Å². The van der Waals surface area contributed by atoms with Crippen LogP contribution >= 0.6 is 0 Å². The van der Waals surface area contributed by atoms with Gasteiger partial charge in [0.1, 0.15) is 5.82 Å². The molecule has 0 aromatic heterocycles. The van der Waals surface area contributed by atoms with Crippen LogP contribution in [-0.2, 0) is 0 Å². The zero-order valence-electron chi connectivity index (χ0n) is 7.13. The molecular weight excluding hydrogens is 155 g/mol. The summed E-state index contributed by atoms with van der Waals surface area (Å²) in [4.78, 5) is 3.92. The molecule has 2 N–H and O–H groups in total. The van der Waals surface area contributed by atoms with E-state index in [9.17, 15) is 4.39 Å². The third kappa shape index (κ3) is 2.05. The van der Waals surface area contributed by atoms with E-state index in [4.69, 9.17) is 5.73 Å². The van der Waals surface area contributed by atoms with Crippen LogP contribution < -0.4 is 5.73 Å². The number of hydrogen-bond donors (Lipinski definition) is 1. The Morgan fingerprint density at radius 3 is 2.67 bits per heavy atom. The Balaban J connectivity index is 3.05. The molecule has 0 spiro atoms. The number of aliphatic imine (C=N–C) groups is 1. The Labute approximate surface area is 70.9 Å². The summed E-state index contributed by atoms with van der Waals surface area (Å²) in [5.41, 5.74) is 6.51. The zero-order valence-corrected chi connectivity index (χ0v) is 7.13. The van der Waals surface area contributed by atoms with E-state index in [2.05, 4.69) is 4.99 Å². The molecule has 0 aliphatic heterocycles. The first-order valence-corrected chi connectivity index (χ1v) is 3.66. The molecule has 2 nitrogen and oxygen atoms in total. The molecule has 64 valence electrons. The number of amidine groups is 1. The molecule has 1 aromatic carbocycles. The first kappa shape index (κ1) is 8.71. The number of halogens is 1. The predicted octanol–water partition coefficient (Wildman–Crippen LogP) is 2.14. The summed E-state index contributed by atoms with van der Waals surface area (Å²) in [5.74, 6) is 0.177. The van der Waals surface area contributed by atoms with Crippen LogP contribution in [0.25, 0.3) is 0 Å². The van der Waals surface area contributed by atoms with Gasteiger partial charge < -0.3 is 5.73 Å². The quantitative estimate of drug-likeness (QED) is 0.503. The number of benzene rings is 1. The van der Waals surface area contributed by atoms with E-state index in [0.717, 1.165) is 0 Å². The summed E-state index contributed by atoms with van der Waals surface area (Å²) in [6.45, 7) is 3.37. The molecule has 0 fully saturated rings. The highest BCUT2D eigenvalue weighted by Crippen LogP contribution is 2.16. The van der Waals surface area contributed by atoms with Crippen molar-refractivity contribution in [2.24, 2.45) is 10.7 Å². The zero-order chi connectivity index (χ0) is 9.14. The number of nitrogens with zero attached hydrogens (tertiary/aromatic N) is 1. The van der Waals surface area contributed by atoms with E-state index in [0.29, 0.717) is 17.1 Å². The molecular formula is C9H11FN2. The highest BCUT2D eigenvalue weighted by atomic mass is 19.1. The van der Waals surface area contributed by atoms with Crippen LogP contribution in [0.4, 0.5) is 10.1 Å². The smallest absolute Gasteiger partial charge is 0.128 e. The van der Waals surface area contributed by atoms with Crippen LogP contribution in [0.5, 0.6) is 0 Å². The summed E-state index contributed by atoms with van der Waals surface area (Å²) in [6, 6.07) is 4.78. The fourth-order valence-electron chi connectivity index (χ4n) is 0.855. The number of hydrogen-bond acceptors (Lipinski definition) is 1. The molecule has 1 aromatic rings. The fraction of sp³-hybridized carbons (Fsp3) is 0.222. The maximum Gasteiger partial charge on any atom is 0.128 e. The maximum absolute atomic E-state index is 12.9. The number of nitrogens with two attached hydrogens (primary N) is 1. The second kappa shape index (κ2) is 3.34. The summed E-state index contributed by atoms with van der Waals surface area (Å²) >= 11 is 0. The molecule has 0 unspecified atom stereocenters. The van der Waals surface area contributed by atoms with Gasteiger partial charge in [0, 0.05) is 0 Å². The van der Waals surface area contributed by atoms with E-state index >= 15 is 0 Å². The van der Waals surface area contributed by atoms with Crippen molar-refractivity contribution in [2.75, 3.05) is 0 Å². The molecule has 12 heavy (non-hydrogen) atoms. The average molecular weight is 166 g/mol. The third-order valence-corrected chi connectivity index (χ3v) is 1.46. The minimum atomic E-state index is -0.252. The van der Waals surface area contributed by atoms with Crippen LogP contribution in [0.3, 0.4) is 0 Å². The third-order valence-electron chi connectivity index (χ3n) is 1.46. The lowest BCUT2D eigenvalue weighted by atomic mass is 10.2. The van der Waals surface area contributed by atoms with Crippen molar-refractivity contribution in [2.45, 2.75) is 13.8 Å². The van der Waals surface area contributed by atoms with Crippen LogP contribution in [0, 0.1) is 12.7 Å². The topological polar surface area (TPSA) is 38.4 Å². The van der Waals surface area contributed by atoms with Gasteiger partial charge in [-0.1, -0.05) is 6.07 Å². The monoisotopic (exact) mass is 166 g/mol. The van der Waals surface area contributed by atoms with Crippen molar-refractivity contribution in [1.82, 2.24) is 0 Å². The van der Waals surface area contributed by atoms with Crippen molar-refractivity contribution in [3.8, 4) is 0 Å². The number of aryl methyl sites for hydroxylation is 1. The Bertz CT molecular complexity index is 314. The molecule has 0 aliphatic carbocycles. The van der Waals surface area contributed by atoms with Crippen LogP contribution in [0.1, 0.15) is 12.5 Å². The second-order valence-corrected chi connectivity index (χ2v) is 2.69. The Hall–Kier alpha value is -1.38. The Morgan fingerprint density at radius 1 is 1.50 bits per heavy atom. The Kier molecular flexibility index (Phi) is 2.43. The molecule has 3 heteroatoms. The van der Waals surface area contributed by atoms with E-state index in [1.807, 2.05) is 0 Å². The highest BCUT2D eigenvalue weighted by Gasteiger charge is 1.97. The van der Waals surface area contributed by atoms with Gasteiger partial charge >= 0.3 is 0 Å². The van der Waals surface area contributed by atoms with Gasteiger partial charge in [0.2, 0.25) is 0 Å². The molecule has 0 amide bonds. The Morgan fingerprint density at radius 2 is 2.17 bits per heavy atom. The average Bonchev–Trinajstić information content (AvgIpc) is 1.96. The summed E-state index contributed by atoms with van der Waals surface area (Å²) in [6.07, 6.45) is 0. The number of rotatable bonds is 1. The van der Waals surface area contributed by atoms with Gasteiger partial charge in [-0.2, -0.15) is 0 Å². The standard InChI is InChI=1S/C9H11FN2/c1-6-3-4-8(5-9(6)10)12-7(2)11/h3-5H,1-2H3,(H2,11,12). The largest absolute Gasteiger partial charge is 0.387 e. The summed E-state index contributed by atoms with van der Waals surface area (Å²) < 4.78 is 12.9. The van der Waals surface area contributed by atoms with Gasteiger partial charge in [-0.15, -0.1) is 0 Å². The molecule has 0 radical (unpaired) electrons. The van der Waals surface area contributed by atoms with Crippen LogP contribution in [0.2, 0.25) is 0 Å². The molecule has 0 saturated heterocycles. The predicted molar refractivity (Wildman–Crippen MR) is 48.1 cm³/mol. The fourth-order valence-corrected chi connectivity index (χ4v) is 0.855. The normalized spacial score (nSPS) is 11.8. The SMILES string of the molecule is CC(N)=Nc1ccc(C)c(F)c1. The maximum atomic E-state index is 12.9. The van der Waals surface area contributed by atoms with Crippen LogP contribution in [-0.4, -0.2) is 5.84 Å². The van der Waals surface area contributed by atoms with Crippen molar-refractivity contribution in [3.05, 3.63) is 29.6 Å². The van der Waals surface area contributed by atoms with Gasteiger partial charge in [0.05, 0.1) is 11.5 Å². The molecule has 1 rings (SSSR count). The van der Waals surface area contributed by atoms with E-state index in [1.165, 1.54) is 6.07 Å². The lowest BCUT2D eigenvalue weighted by molar-refractivity contribution is 0.619. The molecule has 0 atom stereocenters. The first-order chi connectivity index (χ1) is 5.59. The van der Waals surface area contributed by atoms with Gasteiger partial charge in [-0.05, 0) is 31.5 Å². The highest BCUT2D eigenvalue weighted by molar-refractivity contribution is 5.80. The van der Waals surface area contributed by atoms with Crippen LogP contribution in [0.15, 0.2) is 23.2 Å². The molecule has 0 bridgehead atoms. The van der Waals surface area contributed by atoms with Gasteiger partial charge in [-0.25, -0.2) is 9.38 Å². The van der Waals surface area contributed by atoms with E-state index < -0.39 is 0 Å². The minimum Gasteiger partial charge on any atom is -0.387 e. The summed E-state index contributed by atoms with van der Waals surface area (Å²) in [5, 5.41) is 0. The van der Waals surface area contributed by atoms with Gasteiger partial charge in [0.15, 0.2) is 0 Å². The van der Waals surface area contributed by atoms with Crippen molar-refractivity contribution >= 4 is 11.5 Å². The molecule has 0 heterocycles. The molecule has 0 aliphatic rings. The minimum absolute atomic E-state index is 0.252. The van der Waals surface area contributed by atoms with Crippen molar-refractivity contribution < 1.29 is 4.39 Å².